The van der Waals surface area contributed by atoms with E-state index in [-0.39, 0.29) is 17.4 Å². The number of benzene rings is 1. The molecule has 112 valence electrons. The third-order valence-corrected chi connectivity index (χ3v) is 5.08. The zero-order valence-electron chi connectivity index (χ0n) is 11.7. The standard InChI is InChI=1S/C12H19N3O4S/c1-9(2)12(3,8-13)14-20(18,19)11-7-5-4-6-10(11)15(16)17/h4-7,9,14H,8,13H2,1-3H3. The molecule has 0 fully saturated rings. The van der Waals surface area contributed by atoms with E-state index in [4.69, 9.17) is 5.73 Å². The highest BCUT2D eigenvalue weighted by Gasteiger charge is 2.35. The molecule has 0 aliphatic carbocycles. The fourth-order valence-corrected chi connectivity index (χ4v) is 3.31. The fraction of sp³-hybridized carbons (Fsp3) is 0.500. The Morgan fingerprint density at radius 1 is 1.40 bits per heavy atom. The van der Waals surface area contributed by atoms with E-state index in [1.54, 1.807) is 6.92 Å². The van der Waals surface area contributed by atoms with E-state index >= 15 is 0 Å². The SMILES string of the molecule is CC(C)C(C)(CN)NS(=O)(=O)c1ccccc1[N+](=O)[O-]. The largest absolute Gasteiger partial charge is 0.329 e. The van der Waals surface area contributed by atoms with Crippen LogP contribution in [-0.2, 0) is 10.0 Å². The first kappa shape index (κ1) is 16.5. The summed E-state index contributed by atoms with van der Waals surface area (Å²) in [5.41, 5.74) is 4.30. The Labute approximate surface area is 118 Å². The number of nitro groups is 1. The minimum absolute atomic E-state index is 0.0648. The maximum absolute atomic E-state index is 12.4. The monoisotopic (exact) mass is 301 g/mol. The van der Waals surface area contributed by atoms with Gasteiger partial charge in [0.05, 0.1) is 4.92 Å². The van der Waals surface area contributed by atoms with Gasteiger partial charge in [-0.3, -0.25) is 10.1 Å². The van der Waals surface area contributed by atoms with Gasteiger partial charge in [-0.25, -0.2) is 13.1 Å². The number of nitro benzene ring substituents is 1. The Hall–Kier alpha value is -1.51. The highest BCUT2D eigenvalue weighted by Crippen LogP contribution is 2.25. The summed E-state index contributed by atoms with van der Waals surface area (Å²) in [5.74, 6) is -0.0648. The van der Waals surface area contributed by atoms with Crippen LogP contribution in [-0.4, -0.2) is 25.4 Å². The molecule has 0 aliphatic heterocycles. The number of nitrogens with zero attached hydrogens (tertiary/aromatic N) is 1. The van der Waals surface area contributed by atoms with Crippen LogP contribution in [0.5, 0.6) is 0 Å². The van der Waals surface area contributed by atoms with Crippen molar-refractivity contribution in [3.63, 3.8) is 0 Å². The molecule has 8 heteroatoms. The minimum Gasteiger partial charge on any atom is -0.329 e. The van der Waals surface area contributed by atoms with Crippen LogP contribution in [0.4, 0.5) is 5.69 Å². The fourth-order valence-electron chi connectivity index (χ4n) is 1.59. The van der Waals surface area contributed by atoms with Gasteiger partial charge in [-0.1, -0.05) is 26.0 Å². The summed E-state index contributed by atoms with van der Waals surface area (Å²) < 4.78 is 27.2. The summed E-state index contributed by atoms with van der Waals surface area (Å²) in [6.07, 6.45) is 0. The molecular weight excluding hydrogens is 282 g/mol. The molecule has 0 heterocycles. The topological polar surface area (TPSA) is 115 Å². The molecule has 0 aromatic heterocycles. The van der Waals surface area contributed by atoms with Crippen LogP contribution < -0.4 is 10.5 Å². The van der Waals surface area contributed by atoms with Gasteiger partial charge in [0.25, 0.3) is 5.69 Å². The second-order valence-electron chi connectivity index (χ2n) is 5.11. The number of nitrogens with one attached hydrogen (secondary N) is 1. The number of para-hydroxylation sites is 1. The first-order valence-corrected chi connectivity index (χ1v) is 7.60. The lowest BCUT2D eigenvalue weighted by atomic mass is 9.90. The molecule has 1 unspecified atom stereocenters. The minimum atomic E-state index is -4.02. The summed E-state index contributed by atoms with van der Waals surface area (Å²) in [7, 11) is -4.02. The molecule has 0 bridgehead atoms. The Bertz CT molecular complexity index is 600. The first-order valence-electron chi connectivity index (χ1n) is 6.11. The van der Waals surface area contributed by atoms with Crippen LogP contribution in [0.25, 0.3) is 0 Å². The molecule has 3 N–H and O–H groups in total. The summed E-state index contributed by atoms with van der Waals surface area (Å²) in [6, 6.07) is 5.22. The highest BCUT2D eigenvalue weighted by atomic mass is 32.2. The molecule has 1 atom stereocenters. The summed E-state index contributed by atoms with van der Waals surface area (Å²) in [4.78, 5) is 9.85. The van der Waals surface area contributed by atoms with Gasteiger partial charge in [0, 0.05) is 18.2 Å². The average molecular weight is 301 g/mol. The normalized spacial score (nSPS) is 15.1. The molecule has 0 amide bonds. The number of hydrogen-bond donors (Lipinski definition) is 2. The van der Waals surface area contributed by atoms with E-state index in [1.807, 2.05) is 13.8 Å². The molecule has 0 spiro atoms. The van der Waals surface area contributed by atoms with Crippen molar-refractivity contribution in [2.24, 2.45) is 11.7 Å². The molecule has 0 aliphatic rings. The van der Waals surface area contributed by atoms with Gasteiger partial charge < -0.3 is 5.73 Å². The number of hydrogen-bond acceptors (Lipinski definition) is 5. The number of nitrogens with two attached hydrogens (primary N) is 1. The van der Waals surface area contributed by atoms with Crippen molar-refractivity contribution in [3.8, 4) is 0 Å². The van der Waals surface area contributed by atoms with Crippen molar-refractivity contribution in [2.75, 3.05) is 6.54 Å². The lowest BCUT2D eigenvalue weighted by Crippen LogP contribution is -2.54. The van der Waals surface area contributed by atoms with Crippen LogP contribution in [0.15, 0.2) is 29.2 Å². The smallest absolute Gasteiger partial charge is 0.289 e. The molecule has 1 aromatic rings. The molecule has 20 heavy (non-hydrogen) atoms. The van der Waals surface area contributed by atoms with Crippen LogP contribution in [0.2, 0.25) is 0 Å². The Balaban J connectivity index is 3.29. The van der Waals surface area contributed by atoms with Gasteiger partial charge in [-0.15, -0.1) is 0 Å². The van der Waals surface area contributed by atoms with Gasteiger partial charge in [0.15, 0.2) is 4.90 Å². The number of rotatable bonds is 6. The predicted molar refractivity (Wildman–Crippen MR) is 75.7 cm³/mol. The lowest BCUT2D eigenvalue weighted by Gasteiger charge is -2.32. The van der Waals surface area contributed by atoms with Crippen LogP contribution in [0.1, 0.15) is 20.8 Å². The summed E-state index contributed by atoms with van der Waals surface area (Å²) in [5, 5.41) is 10.9. The molecule has 0 radical (unpaired) electrons. The van der Waals surface area contributed by atoms with Gasteiger partial charge in [-0.05, 0) is 18.9 Å². The molecular formula is C12H19N3O4S. The van der Waals surface area contributed by atoms with E-state index in [0.29, 0.717) is 0 Å². The van der Waals surface area contributed by atoms with Gasteiger partial charge in [0.1, 0.15) is 0 Å². The molecule has 0 saturated heterocycles. The van der Waals surface area contributed by atoms with Crippen LogP contribution in [0, 0.1) is 16.0 Å². The first-order chi connectivity index (χ1) is 9.14. The lowest BCUT2D eigenvalue weighted by molar-refractivity contribution is -0.387. The van der Waals surface area contributed by atoms with E-state index in [0.717, 1.165) is 6.07 Å². The van der Waals surface area contributed by atoms with Crippen LogP contribution in [0.3, 0.4) is 0 Å². The van der Waals surface area contributed by atoms with Crippen molar-refractivity contribution in [3.05, 3.63) is 34.4 Å². The quantitative estimate of drug-likeness (QED) is 0.606. The third kappa shape index (κ3) is 3.33. The Morgan fingerprint density at radius 2 is 1.95 bits per heavy atom. The molecule has 1 rings (SSSR count). The van der Waals surface area contributed by atoms with Crippen molar-refractivity contribution >= 4 is 15.7 Å². The van der Waals surface area contributed by atoms with E-state index in [2.05, 4.69) is 4.72 Å². The van der Waals surface area contributed by atoms with Crippen molar-refractivity contribution < 1.29 is 13.3 Å². The van der Waals surface area contributed by atoms with Gasteiger partial charge >= 0.3 is 0 Å². The Morgan fingerprint density at radius 3 is 2.40 bits per heavy atom. The Kier molecular flexibility index (Phi) is 4.85. The van der Waals surface area contributed by atoms with E-state index in [9.17, 15) is 18.5 Å². The number of sulfonamides is 1. The average Bonchev–Trinajstić information content (AvgIpc) is 2.37. The van der Waals surface area contributed by atoms with Crippen molar-refractivity contribution in [1.29, 1.82) is 0 Å². The molecule has 0 saturated carbocycles. The third-order valence-electron chi connectivity index (χ3n) is 3.42. The second-order valence-corrected chi connectivity index (χ2v) is 6.76. The van der Waals surface area contributed by atoms with Crippen LogP contribution >= 0.6 is 0 Å². The van der Waals surface area contributed by atoms with Gasteiger partial charge in [-0.2, -0.15) is 0 Å². The predicted octanol–water partition coefficient (Wildman–Crippen LogP) is 1.25. The summed E-state index contributed by atoms with van der Waals surface area (Å²) >= 11 is 0. The summed E-state index contributed by atoms with van der Waals surface area (Å²) in [6.45, 7) is 5.41. The maximum Gasteiger partial charge on any atom is 0.289 e. The molecule has 1 aromatic carbocycles. The van der Waals surface area contributed by atoms with E-state index in [1.165, 1.54) is 18.2 Å². The zero-order valence-corrected chi connectivity index (χ0v) is 12.5. The second kappa shape index (κ2) is 5.86. The molecule has 7 nitrogen and oxygen atoms in total. The zero-order chi connectivity index (χ0) is 15.6. The van der Waals surface area contributed by atoms with Crippen molar-refractivity contribution in [2.45, 2.75) is 31.2 Å². The van der Waals surface area contributed by atoms with Crippen molar-refractivity contribution in [1.82, 2.24) is 4.72 Å². The van der Waals surface area contributed by atoms with E-state index < -0.39 is 26.2 Å². The maximum atomic E-state index is 12.4. The van der Waals surface area contributed by atoms with Gasteiger partial charge in [0.2, 0.25) is 10.0 Å². The highest BCUT2D eigenvalue weighted by molar-refractivity contribution is 7.89.